The average molecular weight is 437 g/mol. The van der Waals surface area contributed by atoms with E-state index in [0.29, 0.717) is 39.0 Å². The van der Waals surface area contributed by atoms with Gasteiger partial charge in [-0.15, -0.1) is 0 Å². The minimum atomic E-state index is -3.17. The minimum Gasteiger partial charge on any atom is -0.356 e. The molecule has 3 saturated heterocycles. The summed E-state index contributed by atoms with van der Waals surface area (Å²) in [5.41, 5.74) is 0.970. The summed E-state index contributed by atoms with van der Waals surface area (Å²) in [7, 11) is -3.17. The van der Waals surface area contributed by atoms with Gasteiger partial charge >= 0.3 is 0 Å². The van der Waals surface area contributed by atoms with Crippen LogP contribution in [0, 0.1) is 12.8 Å². The van der Waals surface area contributed by atoms with Gasteiger partial charge in [-0.25, -0.2) is 17.7 Å². The zero-order valence-corrected chi connectivity index (χ0v) is 18.8. The Balaban J connectivity index is 1.33. The van der Waals surface area contributed by atoms with Gasteiger partial charge in [0.05, 0.1) is 6.26 Å². The van der Waals surface area contributed by atoms with Gasteiger partial charge in [0.2, 0.25) is 21.9 Å². The molecule has 4 rings (SSSR count). The molecule has 3 aliphatic heterocycles. The number of hydrogen-bond donors (Lipinski definition) is 0. The van der Waals surface area contributed by atoms with Gasteiger partial charge in [0.15, 0.2) is 0 Å². The maximum atomic E-state index is 12.9. The molecule has 0 aromatic carbocycles. The Morgan fingerprint density at radius 2 is 1.57 bits per heavy atom. The Kier molecular flexibility index (Phi) is 6.15. The van der Waals surface area contributed by atoms with Crippen molar-refractivity contribution in [2.24, 2.45) is 5.92 Å². The van der Waals surface area contributed by atoms with E-state index in [4.69, 9.17) is 4.98 Å². The first-order valence-electron chi connectivity index (χ1n) is 10.9. The SMILES string of the molecule is Cc1cc(N2CCCC2)nc(N2CCN(C(=O)C3CCN(S(C)(=O)=O)CC3)CC2)n1. The molecule has 166 valence electrons. The number of anilines is 2. The first-order valence-corrected chi connectivity index (χ1v) is 12.8. The fourth-order valence-electron chi connectivity index (χ4n) is 4.61. The first kappa shape index (κ1) is 21.3. The van der Waals surface area contributed by atoms with Crippen LogP contribution in [0.1, 0.15) is 31.4 Å². The van der Waals surface area contributed by atoms with E-state index in [-0.39, 0.29) is 11.8 Å². The Hall–Kier alpha value is -1.94. The van der Waals surface area contributed by atoms with Gasteiger partial charge in [-0.2, -0.15) is 4.98 Å². The van der Waals surface area contributed by atoms with Crippen LogP contribution in [0.4, 0.5) is 11.8 Å². The predicted molar refractivity (Wildman–Crippen MR) is 116 cm³/mol. The molecule has 0 atom stereocenters. The van der Waals surface area contributed by atoms with Crippen LogP contribution in [0.3, 0.4) is 0 Å². The zero-order valence-electron chi connectivity index (χ0n) is 18.0. The van der Waals surface area contributed by atoms with Crippen LogP contribution >= 0.6 is 0 Å². The molecule has 4 heterocycles. The molecule has 0 bridgehead atoms. The van der Waals surface area contributed by atoms with Gasteiger partial charge in [0.1, 0.15) is 5.82 Å². The van der Waals surface area contributed by atoms with E-state index in [0.717, 1.165) is 43.6 Å². The lowest BCUT2D eigenvalue weighted by atomic mass is 9.96. The second kappa shape index (κ2) is 8.66. The Morgan fingerprint density at radius 3 is 2.17 bits per heavy atom. The number of aryl methyl sites for hydroxylation is 1. The molecule has 0 spiro atoms. The molecule has 0 saturated carbocycles. The van der Waals surface area contributed by atoms with E-state index >= 15 is 0 Å². The Labute approximate surface area is 179 Å². The molecular formula is C20H32N6O3S. The third-order valence-corrected chi connectivity index (χ3v) is 7.71. The number of carbonyl (C=O) groups excluding carboxylic acids is 1. The number of carbonyl (C=O) groups is 1. The van der Waals surface area contributed by atoms with Crippen molar-refractivity contribution >= 4 is 27.7 Å². The second-order valence-electron chi connectivity index (χ2n) is 8.61. The van der Waals surface area contributed by atoms with E-state index in [2.05, 4.69) is 20.9 Å². The summed E-state index contributed by atoms with van der Waals surface area (Å²) in [5, 5.41) is 0. The topological polar surface area (TPSA) is 90.0 Å². The molecule has 0 unspecified atom stereocenters. The van der Waals surface area contributed by atoms with Crippen LogP contribution in [0.15, 0.2) is 6.07 Å². The van der Waals surface area contributed by atoms with E-state index in [9.17, 15) is 13.2 Å². The zero-order chi connectivity index (χ0) is 21.3. The van der Waals surface area contributed by atoms with Crippen LogP contribution in [0.25, 0.3) is 0 Å². The Morgan fingerprint density at radius 1 is 0.933 bits per heavy atom. The summed E-state index contributed by atoms with van der Waals surface area (Å²) in [6, 6.07) is 2.05. The quantitative estimate of drug-likeness (QED) is 0.686. The van der Waals surface area contributed by atoms with E-state index in [1.807, 2.05) is 11.8 Å². The van der Waals surface area contributed by atoms with Crippen molar-refractivity contribution in [1.29, 1.82) is 0 Å². The molecule has 0 N–H and O–H groups in total. The maximum Gasteiger partial charge on any atom is 0.227 e. The smallest absolute Gasteiger partial charge is 0.227 e. The summed E-state index contributed by atoms with van der Waals surface area (Å²) in [5.74, 6) is 1.84. The first-order chi connectivity index (χ1) is 14.3. The second-order valence-corrected chi connectivity index (χ2v) is 10.6. The van der Waals surface area contributed by atoms with Crippen molar-refractivity contribution in [2.45, 2.75) is 32.6 Å². The van der Waals surface area contributed by atoms with Crippen LogP contribution in [0.2, 0.25) is 0 Å². The number of aromatic nitrogens is 2. The maximum absolute atomic E-state index is 12.9. The van der Waals surface area contributed by atoms with Crippen LogP contribution in [-0.2, 0) is 14.8 Å². The molecule has 9 nitrogen and oxygen atoms in total. The highest BCUT2D eigenvalue weighted by atomic mass is 32.2. The molecule has 30 heavy (non-hydrogen) atoms. The molecule has 1 aromatic heterocycles. The van der Waals surface area contributed by atoms with Gasteiger partial charge in [-0.05, 0) is 32.6 Å². The van der Waals surface area contributed by atoms with Crippen molar-refractivity contribution in [2.75, 3.05) is 68.4 Å². The van der Waals surface area contributed by atoms with Crippen molar-refractivity contribution in [3.63, 3.8) is 0 Å². The summed E-state index contributed by atoms with van der Waals surface area (Å²) in [6.07, 6.45) is 4.86. The summed E-state index contributed by atoms with van der Waals surface area (Å²) in [4.78, 5) is 28.8. The summed E-state index contributed by atoms with van der Waals surface area (Å²) < 4.78 is 24.8. The van der Waals surface area contributed by atoms with Crippen molar-refractivity contribution < 1.29 is 13.2 Å². The molecule has 0 aliphatic carbocycles. The fraction of sp³-hybridized carbons (Fsp3) is 0.750. The molecular weight excluding hydrogens is 404 g/mol. The normalized spacial score (nSPS) is 22.0. The van der Waals surface area contributed by atoms with Crippen molar-refractivity contribution in [3.8, 4) is 0 Å². The molecule has 1 aromatic rings. The molecule has 3 fully saturated rings. The number of piperazine rings is 1. The number of sulfonamides is 1. The number of piperidine rings is 1. The highest BCUT2D eigenvalue weighted by molar-refractivity contribution is 7.88. The molecule has 1 amide bonds. The molecule has 10 heteroatoms. The lowest BCUT2D eigenvalue weighted by Gasteiger charge is -2.38. The third kappa shape index (κ3) is 4.69. The van der Waals surface area contributed by atoms with E-state index in [1.165, 1.54) is 23.4 Å². The highest BCUT2D eigenvalue weighted by Gasteiger charge is 2.33. The monoisotopic (exact) mass is 436 g/mol. The number of amides is 1. The molecule has 0 radical (unpaired) electrons. The largest absolute Gasteiger partial charge is 0.356 e. The molecule has 3 aliphatic rings. The van der Waals surface area contributed by atoms with Crippen LogP contribution < -0.4 is 9.80 Å². The van der Waals surface area contributed by atoms with Crippen molar-refractivity contribution in [1.82, 2.24) is 19.2 Å². The number of rotatable bonds is 4. The van der Waals surface area contributed by atoms with Gasteiger partial charge in [-0.1, -0.05) is 0 Å². The Bertz CT molecular complexity index is 871. The number of hydrogen-bond acceptors (Lipinski definition) is 7. The lowest BCUT2D eigenvalue weighted by molar-refractivity contribution is -0.137. The van der Waals surface area contributed by atoms with E-state index < -0.39 is 10.0 Å². The summed E-state index contributed by atoms with van der Waals surface area (Å²) >= 11 is 0. The van der Waals surface area contributed by atoms with Gasteiger partial charge in [-0.3, -0.25) is 4.79 Å². The van der Waals surface area contributed by atoms with Crippen LogP contribution in [-0.4, -0.2) is 92.1 Å². The third-order valence-electron chi connectivity index (χ3n) is 6.41. The van der Waals surface area contributed by atoms with Gasteiger partial charge in [0.25, 0.3) is 0 Å². The lowest BCUT2D eigenvalue weighted by Crippen LogP contribution is -2.52. The minimum absolute atomic E-state index is 0.0773. The number of nitrogens with zero attached hydrogens (tertiary/aromatic N) is 6. The van der Waals surface area contributed by atoms with Gasteiger partial charge < -0.3 is 14.7 Å². The van der Waals surface area contributed by atoms with Crippen molar-refractivity contribution in [3.05, 3.63) is 11.8 Å². The predicted octanol–water partition coefficient (Wildman–Crippen LogP) is 0.705. The summed E-state index contributed by atoms with van der Waals surface area (Å²) in [6.45, 7) is 7.73. The van der Waals surface area contributed by atoms with E-state index in [1.54, 1.807) is 0 Å². The standard InChI is InChI=1S/C20H32N6O3S/c1-16-15-18(23-7-3-4-8-23)22-20(21-16)25-13-11-24(12-14-25)19(27)17-5-9-26(10-6-17)30(2,28)29/h15,17H,3-14H2,1-2H3. The average Bonchev–Trinajstić information content (AvgIpc) is 3.27. The van der Waals surface area contributed by atoms with Gasteiger partial charge in [0, 0.05) is 70.0 Å². The van der Waals surface area contributed by atoms with Crippen LogP contribution in [0.5, 0.6) is 0 Å². The fourth-order valence-corrected chi connectivity index (χ4v) is 5.48. The highest BCUT2D eigenvalue weighted by Crippen LogP contribution is 2.24.